The van der Waals surface area contributed by atoms with Gasteiger partial charge in [0.05, 0.1) is 5.69 Å². The number of carbonyl (C=O) groups is 2. The van der Waals surface area contributed by atoms with Crippen molar-refractivity contribution in [1.82, 2.24) is 0 Å². The van der Waals surface area contributed by atoms with Crippen LogP contribution >= 0.6 is 11.6 Å². The van der Waals surface area contributed by atoms with Gasteiger partial charge in [-0.25, -0.2) is 0 Å². The van der Waals surface area contributed by atoms with Gasteiger partial charge in [-0.1, -0.05) is 30.7 Å². The van der Waals surface area contributed by atoms with E-state index in [0.29, 0.717) is 22.1 Å². The zero-order chi connectivity index (χ0) is 18.9. The maximum absolute atomic E-state index is 12.8. The van der Waals surface area contributed by atoms with Gasteiger partial charge >= 0.3 is 0 Å². The summed E-state index contributed by atoms with van der Waals surface area (Å²) in [6.45, 7) is 5.32. The SMILES string of the molecule is CCc1ccc(NC(=O)CN2C(=O)C(C)(C)Oc3ccc(Cl)cc32)cc1. The molecule has 1 heterocycles. The Balaban J connectivity index is 1.81. The number of fused-ring (bicyclic) bond motifs is 1. The van der Waals surface area contributed by atoms with Gasteiger partial charge in [-0.3, -0.25) is 14.5 Å². The molecule has 136 valence electrons. The molecule has 3 rings (SSSR count). The van der Waals surface area contributed by atoms with Crippen molar-refractivity contribution < 1.29 is 14.3 Å². The van der Waals surface area contributed by atoms with E-state index in [9.17, 15) is 9.59 Å². The molecule has 1 aliphatic rings. The van der Waals surface area contributed by atoms with Crippen LogP contribution in [0.4, 0.5) is 11.4 Å². The molecule has 0 radical (unpaired) electrons. The van der Waals surface area contributed by atoms with Crippen LogP contribution in [0.1, 0.15) is 26.3 Å². The van der Waals surface area contributed by atoms with Gasteiger partial charge < -0.3 is 10.1 Å². The predicted molar refractivity (Wildman–Crippen MR) is 103 cm³/mol. The molecule has 26 heavy (non-hydrogen) atoms. The number of ether oxygens (including phenoxy) is 1. The fraction of sp³-hybridized carbons (Fsp3) is 0.300. The van der Waals surface area contributed by atoms with Gasteiger partial charge in [-0.2, -0.15) is 0 Å². The van der Waals surface area contributed by atoms with Crippen LogP contribution in [-0.4, -0.2) is 24.0 Å². The van der Waals surface area contributed by atoms with Gasteiger partial charge in [-0.15, -0.1) is 0 Å². The second-order valence-electron chi connectivity index (χ2n) is 6.71. The Morgan fingerprint density at radius 3 is 2.54 bits per heavy atom. The number of amides is 2. The molecule has 2 amide bonds. The molecule has 6 heteroatoms. The predicted octanol–water partition coefficient (Wildman–Crippen LogP) is 4.05. The molecule has 0 saturated heterocycles. The second kappa shape index (κ2) is 7.00. The molecule has 0 bridgehead atoms. The first kappa shape index (κ1) is 18.3. The van der Waals surface area contributed by atoms with Crippen LogP contribution in [0.3, 0.4) is 0 Å². The van der Waals surface area contributed by atoms with E-state index >= 15 is 0 Å². The standard InChI is InChI=1S/C20H21ClN2O3/c1-4-13-5-8-15(9-6-13)22-18(24)12-23-16-11-14(21)7-10-17(16)26-20(2,3)19(23)25/h5-11H,4,12H2,1-3H3,(H,22,24). The lowest BCUT2D eigenvalue weighted by Crippen LogP contribution is -2.54. The first-order valence-electron chi connectivity index (χ1n) is 8.49. The monoisotopic (exact) mass is 372 g/mol. The van der Waals surface area contributed by atoms with E-state index in [1.54, 1.807) is 32.0 Å². The summed E-state index contributed by atoms with van der Waals surface area (Å²) in [5, 5.41) is 3.30. The number of hydrogen-bond acceptors (Lipinski definition) is 3. The molecule has 0 unspecified atom stereocenters. The van der Waals surface area contributed by atoms with Crippen molar-refractivity contribution in [3.63, 3.8) is 0 Å². The molecular formula is C20H21ClN2O3. The Labute approximate surface area is 157 Å². The molecule has 0 spiro atoms. The molecule has 0 aromatic heterocycles. The van der Waals surface area contributed by atoms with Crippen LogP contribution < -0.4 is 15.0 Å². The van der Waals surface area contributed by atoms with Crippen molar-refractivity contribution in [1.29, 1.82) is 0 Å². The van der Waals surface area contributed by atoms with Crippen molar-refractivity contribution in [3.05, 3.63) is 53.1 Å². The Morgan fingerprint density at radius 1 is 1.19 bits per heavy atom. The van der Waals surface area contributed by atoms with E-state index in [-0.39, 0.29) is 18.4 Å². The Hall–Kier alpha value is -2.53. The highest BCUT2D eigenvalue weighted by Gasteiger charge is 2.41. The molecule has 1 N–H and O–H groups in total. The van der Waals surface area contributed by atoms with E-state index in [1.165, 1.54) is 10.5 Å². The van der Waals surface area contributed by atoms with E-state index in [4.69, 9.17) is 16.3 Å². The molecule has 2 aromatic carbocycles. The van der Waals surface area contributed by atoms with Gasteiger partial charge in [0.15, 0.2) is 5.60 Å². The average molecular weight is 373 g/mol. The van der Waals surface area contributed by atoms with Crippen molar-refractivity contribution in [2.24, 2.45) is 0 Å². The maximum atomic E-state index is 12.8. The summed E-state index contributed by atoms with van der Waals surface area (Å²) in [5.41, 5.74) is 1.33. The third-order valence-corrected chi connectivity index (χ3v) is 4.52. The van der Waals surface area contributed by atoms with Gasteiger partial charge in [0.2, 0.25) is 5.91 Å². The quantitative estimate of drug-likeness (QED) is 0.880. The minimum atomic E-state index is -1.05. The van der Waals surface area contributed by atoms with Crippen LogP contribution in [0.25, 0.3) is 0 Å². The minimum Gasteiger partial charge on any atom is -0.476 e. The summed E-state index contributed by atoms with van der Waals surface area (Å²) in [6.07, 6.45) is 0.934. The molecule has 0 atom stereocenters. The normalized spacial score (nSPS) is 15.2. The third-order valence-electron chi connectivity index (χ3n) is 4.28. The Kier molecular flexibility index (Phi) is 4.92. The maximum Gasteiger partial charge on any atom is 0.271 e. The lowest BCUT2D eigenvalue weighted by atomic mass is 10.0. The summed E-state index contributed by atoms with van der Waals surface area (Å²) >= 11 is 6.06. The van der Waals surface area contributed by atoms with E-state index in [2.05, 4.69) is 12.2 Å². The van der Waals surface area contributed by atoms with Crippen LogP contribution in [0.15, 0.2) is 42.5 Å². The average Bonchev–Trinajstić information content (AvgIpc) is 2.60. The highest BCUT2D eigenvalue weighted by Crippen LogP contribution is 2.39. The van der Waals surface area contributed by atoms with Crippen molar-refractivity contribution in [2.75, 3.05) is 16.8 Å². The van der Waals surface area contributed by atoms with Crippen molar-refractivity contribution in [2.45, 2.75) is 32.8 Å². The second-order valence-corrected chi connectivity index (χ2v) is 7.15. The Bertz CT molecular complexity index is 847. The summed E-state index contributed by atoms with van der Waals surface area (Å²) in [7, 11) is 0. The number of rotatable bonds is 4. The lowest BCUT2D eigenvalue weighted by molar-refractivity contribution is -0.133. The molecule has 0 fully saturated rings. The highest BCUT2D eigenvalue weighted by atomic mass is 35.5. The van der Waals surface area contributed by atoms with Gasteiger partial charge in [0, 0.05) is 10.7 Å². The van der Waals surface area contributed by atoms with Gasteiger partial charge in [0.25, 0.3) is 5.91 Å². The smallest absolute Gasteiger partial charge is 0.271 e. The fourth-order valence-corrected chi connectivity index (χ4v) is 3.03. The number of hydrogen-bond donors (Lipinski definition) is 1. The number of carbonyl (C=O) groups excluding carboxylic acids is 2. The summed E-state index contributed by atoms with van der Waals surface area (Å²) < 4.78 is 5.76. The fourth-order valence-electron chi connectivity index (χ4n) is 2.87. The molecule has 2 aromatic rings. The summed E-state index contributed by atoms with van der Waals surface area (Å²) in [6, 6.07) is 12.7. The first-order chi connectivity index (χ1) is 12.3. The van der Waals surface area contributed by atoms with Crippen LogP contribution in [0.2, 0.25) is 5.02 Å². The number of aryl methyl sites for hydroxylation is 1. The third kappa shape index (κ3) is 3.68. The summed E-state index contributed by atoms with van der Waals surface area (Å²) in [5.74, 6) is -0.0472. The zero-order valence-electron chi connectivity index (χ0n) is 15.0. The van der Waals surface area contributed by atoms with Crippen molar-refractivity contribution >= 4 is 34.8 Å². The number of anilines is 2. The van der Waals surface area contributed by atoms with Crippen LogP contribution in [0.5, 0.6) is 5.75 Å². The van der Waals surface area contributed by atoms with Crippen LogP contribution in [0, 0.1) is 0 Å². The number of halogens is 1. The highest BCUT2D eigenvalue weighted by molar-refractivity contribution is 6.31. The van der Waals surface area contributed by atoms with E-state index in [1.807, 2.05) is 24.3 Å². The molecule has 0 aliphatic carbocycles. The van der Waals surface area contributed by atoms with Gasteiger partial charge in [-0.05, 0) is 56.2 Å². The topological polar surface area (TPSA) is 58.6 Å². The lowest BCUT2D eigenvalue weighted by Gasteiger charge is -2.38. The van der Waals surface area contributed by atoms with Crippen LogP contribution in [-0.2, 0) is 16.0 Å². The van der Waals surface area contributed by atoms with E-state index in [0.717, 1.165) is 6.42 Å². The van der Waals surface area contributed by atoms with Crippen molar-refractivity contribution in [3.8, 4) is 5.75 Å². The molecule has 1 aliphatic heterocycles. The van der Waals surface area contributed by atoms with E-state index < -0.39 is 5.60 Å². The largest absolute Gasteiger partial charge is 0.476 e. The first-order valence-corrected chi connectivity index (χ1v) is 8.87. The number of benzene rings is 2. The zero-order valence-corrected chi connectivity index (χ0v) is 15.8. The number of nitrogens with one attached hydrogen (secondary N) is 1. The molecule has 5 nitrogen and oxygen atoms in total. The number of nitrogens with zero attached hydrogens (tertiary/aromatic N) is 1. The molecular weight excluding hydrogens is 352 g/mol. The summed E-state index contributed by atoms with van der Waals surface area (Å²) in [4.78, 5) is 26.7. The molecule has 0 saturated carbocycles. The Morgan fingerprint density at radius 2 is 1.88 bits per heavy atom. The van der Waals surface area contributed by atoms with Gasteiger partial charge in [0.1, 0.15) is 12.3 Å². The minimum absolute atomic E-state index is 0.117.